The van der Waals surface area contributed by atoms with Gasteiger partial charge in [-0.25, -0.2) is 8.42 Å². The van der Waals surface area contributed by atoms with Crippen molar-refractivity contribution in [2.45, 2.75) is 62.0 Å². The van der Waals surface area contributed by atoms with Crippen LogP contribution in [0, 0.1) is 0 Å². The van der Waals surface area contributed by atoms with Crippen molar-refractivity contribution >= 4 is 15.8 Å². The molecule has 0 saturated carbocycles. The number of piperidine rings is 1. The topological polar surface area (TPSA) is 82.1 Å². The Hall–Kier alpha value is -1.69. The molecule has 1 aromatic carbocycles. The number of ether oxygens (including phenoxy) is 3. The Kier molecular flexibility index (Phi) is 7.95. The second-order valence-electron chi connectivity index (χ2n) is 7.65. The number of alkyl halides is 3. The third-order valence-electron chi connectivity index (χ3n) is 5.35. The number of nitrogens with zero attached hydrogens (tertiary/aromatic N) is 1. The summed E-state index contributed by atoms with van der Waals surface area (Å²) in [6, 6.07) is 4.12. The van der Waals surface area contributed by atoms with Gasteiger partial charge in [0.1, 0.15) is 12.4 Å². The minimum atomic E-state index is -4.84. The number of carbonyl (C=O) groups excluding carboxylic acids is 1. The second kappa shape index (κ2) is 10.3. The van der Waals surface area contributed by atoms with E-state index in [9.17, 15) is 26.4 Å². The van der Waals surface area contributed by atoms with Gasteiger partial charge in [-0.05, 0) is 56.4 Å². The van der Waals surface area contributed by atoms with Gasteiger partial charge in [-0.3, -0.25) is 4.79 Å². The number of hydrogen-bond donors (Lipinski definition) is 0. The Morgan fingerprint density at radius 3 is 2.39 bits per heavy atom. The first-order valence-corrected chi connectivity index (χ1v) is 11.7. The van der Waals surface area contributed by atoms with E-state index in [4.69, 9.17) is 9.47 Å². The van der Waals surface area contributed by atoms with E-state index in [1.165, 1.54) is 4.31 Å². The fourth-order valence-electron chi connectivity index (χ4n) is 3.68. The van der Waals surface area contributed by atoms with E-state index in [2.05, 4.69) is 4.74 Å². The maximum absolute atomic E-state index is 12.7. The van der Waals surface area contributed by atoms with E-state index in [0.717, 1.165) is 43.7 Å². The molecule has 0 N–H and O–H groups in total. The largest absolute Gasteiger partial charge is 0.573 e. The van der Waals surface area contributed by atoms with Crippen molar-refractivity contribution in [3.05, 3.63) is 24.3 Å². The van der Waals surface area contributed by atoms with Crippen LogP contribution in [0.2, 0.25) is 0 Å². The molecule has 1 atom stereocenters. The molecule has 174 valence electrons. The zero-order valence-corrected chi connectivity index (χ0v) is 17.8. The number of hydrogen-bond acceptors (Lipinski definition) is 6. The lowest BCUT2D eigenvalue weighted by Crippen LogP contribution is -2.41. The average Bonchev–Trinajstić information content (AvgIpc) is 3.24. The van der Waals surface area contributed by atoms with Gasteiger partial charge in [0.15, 0.2) is 5.78 Å². The predicted octanol–water partition coefficient (Wildman–Crippen LogP) is 3.28. The van der Waals surface area contributed by atoms with Crippen molar-refractivity contribution < 1.29 is 40.6 Å². The van der Waals surface area contributed by atoms with Crippen LogP contribution in [0.25, 0.3) is 0 Å². The molecule has 0 amide bonds. The van der Waals surface area contributed by atoms with Gasteiger partial charge in [0.05, 0.1) is 17.1 Å². The number of halogens is 3. The molecule has 0 aliphatic carbocycles. The first-order valence-electron chi connectivity index (χ1n) is 10.2. The summed E-state index contributed by atoms with van der Waals surface area (Å²) in [7, 11) is -3.84. The molecule has 1 unspecified atom stereocenters. The fourth-order valence-corrected chi connectivity index (χ4v) is 5.15. The molecule has 0 radical (unpaired) electrons. The van der Waals surface area contributed by atoms with Crippen molar-refractivity contribution in [2.24, 2.45) is 0 Å². The van der Waals surface area contributed by atoms with Crippen LogP contribution < -0.4 is 4.74 Å². The monoisotopic (exact) mass is 465 g/mol. The summed E-state index contributed by atoms with van der Waals surface area (Å²) >= 11 is 0. The van der Waals surface area contributed by atoms with Gasteiger partial charge in [-0.1, -0.05) is 0 Å². The number of carbonyl (C=O) groups is 1. The third-order valence-corrected chi connectivity index (χ3v) is 7.26. The lowest BCUT2D eigenvalue weighted by molar-refractivity contribution is -0.274. The zero-order valence-electron chi connectivity index (χ0n) is 17.0. The van der Waals surface area contributed by atoms with Crippen LogP contribution in [-0.4, -0.2) is 63.4 Å². The molecule has 3 rings (SSSR count). The lowest BCUT2D eigenvalue weighted by Gasteiger charge is -2.31. The SMILES string of the molecule is O=C(CCC1CCCO1)COC1CCN(S(=O)(=O)c2ccc(OC(F)(F)F)cc2)CC1. The lowest BCUT2D eigenvalue weighted by atomic mass is 10.1. The Labute approximate surface area is 179 Å². The first kappa shape index (κ1) is 24.0. The Balaban J connectivity index is 1.43. The zero-order chi connectivity index (χ0) is 22.5. The number of rotatable bonds is 9. The Morgan fingerprint density at radius 1 is 1.13 bits per heavy atom. The van der Waals surface area contributed by atoms with Gasteiger partial charge in [-0.15, -0.1) is 13.2 Å². The molecule has 11 heteroatoms. The maximum Gasteiger partial charge on any atom is 0.573 e. The highest BCUT2D eigenvalue weighted by Gasteiger charge is 2.32. The van der Waals surface area contributed by atoms with Gasteiger partial charge in [-0.2, -0.15) is 4.31 Å². The molecule has 1 aromatic rings. The molecular weight excluding hydrogens is 439 g/mol. The smallest absolute Gasteiger partial charge is 0.406 e. The molecule has 2 heterocycles. The number of benzene rings is 1. The third kappa shape index (κ3) is 7.16. The number of sulfonamides is 1. The highest BCUT2D eigenvalue weighted by molar-refractivity contribution is 7.89. The first-order chi connectivity index (χ1) is 14.6. The quantitative estimate of drug-likeness (QED) is 0.557. The fraction of sp³-hybridized carbons (Fsp3) is 0.650. The van der Waals surface area contributed by atoms with E-state index in [1.54, 1.807) is 0 Å². The molecule has 0 bridgehead atoms. The van der Waals surface area contributed by atoms with Crippen molar-refractivity contribution in [3.63, 3.8) is 0 Å². The summed E-state index contributed by atoms with van der Waals surface area (Å²) in [5, 5.41) is 0. The molecule has 2 saturated heterocycles. The maximum atomic E-state index is 12.7. The minimum absolute atomic E-state index is 0.00477. The number of Topliss-reactive ketones (excluding diaryl/α,β-unsaturated/α-hetero) is 1. The summed E-state index contributed by atoms with van der Waals surface area (Å²) in [5.74, 6) is -0.477. The highest BCUT2D eigenvalue weighted by Crippen LogP contribution is 2.27. The highest BCUT2D eigenvalue weighted by atomic mass is 32.2. The molecule has 31 heavy (non-hydrogen) atoms. The van der Waals surface area contributed by atoms with Crippen molar-refractivity contribution in [1.82, 2.24) is 4.31 Å². The van der Waals surface area contributed by atoms with Crippen LogP contribution in [0.15, 0.2) is 29.2 Å². The van der Waals surface area contributed by atoms with Crippen LogP contribution in [0.3, 0.4) is 0 Å². The summed E-state index contributed by atoms with van der Waals surface area (Å²) in [4.78, 5) is 11.9. The number of ketones is 1. The molecular formula is C20H26F3NO6S. The average molecular weight is 465 g/mol. The van der Waals surface area contributed by atoms with E-state index < -0.39 is 22.1 Å². The predicted molar refractivity (Wildman–Crippen MR) is 104 cm³/mol. The molecule has 2 aliphatic rings. The molecule has 2 aliphatic heterocycles. The Morgan fingerprint density at radius 2 is 1.81 bits per heavy atom. The van der Waals surface area contributed by atoms with E-state index in [0.29, 0.717) is 25.7 Å². The normalized spacial score (nSPS) is 21.3. The van der Waals surface area contributed by atoms with Crippen LogP contribution in [0.1, 0.15) is 38.5 Å². The van der Waals surface area contributed by atoms with Crippen molar-refractivity contribution in [1.29, 1.82) is 0 Å². The summed E-state index contributed by atoms with van der Waals surface area (Å²) < 4.78 is 78.4. The van der Waals surface area contributed by atoms with E-state index in [1.807, 2.05) is 0 Å². The van der Waals surface area contributed by atoms with Crippen molar-refractivity contribution in [3.8, 4) is 5.75 Å². The summed E-state index contributed by atoms with van der Waals surface area (Å²) in [5.41, 5.74) is 0. The van der Waals surface area contributed by atoms with Crippen LogP contribution in [0.5, 0.6) is 5.75 Å². The summed E-state index contributed by atoms with van der Waals surface area (Å²) in [6.45, 7) is 1.17. The van der Waals surface area contributed by atoms with Gasteiger partial charge < -0.3 is 14.2 Å². The summed E-state index contributed by atoms with van der Waals surface area (Å²) in [6.07, 6.45) is -0.888. The van der Waals surface area contributed by atoms with Crippen LogP contribution in [-0.2, 0) is 24.3 Å². The van der Waals surface area contributed by atoms with Gasteiger partial charge in [0.25, 0.3) is 0 Å². The van der Waals surface area contributed by atoms with E-state index >= 15 is 0 Å². The van der Waals surface area contributed by atoms with Gasteiger partial charge in [0, 0.05) is 26.1 Å². The minimum Gasteiger partial charge on any atom is -0.406 e. The van der Waals surface area contributed by atoms with E-state index in [-0.39, 0.29) is 42.6 Å². The van der Waals surface area contributed by atoms with Crippen LogP contribution in [0.4, 0.5) is 13.2 Å². The standard InChI is InChI=1S/C20H26F3NO6S/c21-20(22,23)30-18-5-7-19(8-6-18)31(26,27)24-11-9-17(10-12-24)29-14-15(25)3-4-16-2-1-13-28-16/h5-8,16-17H,1-4,9-14H2. The molecule has 0 spiro atoms. The van der Waals surface area contributed by atoms with Crippen molar-refractivity contribution in [2.75, 3.05) is 26.3 Å². The molecule has 7 nitrogen and oxygen atoms in total. The van der Waals surface area contributed by atoms with Gasteiger partial charge in [0.2, 0.25) is 10.0 Å². The molecule has 0 aromatic heterocycles. The van der Waals surface area contributed by atoms with Crippen LogP contribution >= 0.6 is 0 Å². The Bertz CT molecular complexity index is 829. The second-order valence-corrected chi connectivity index (χ2v) is 9.58. The molecule has 2 fully saturated rings. The van der Waals surface area contributed by atoms with Gasteiger partial charge >= 0.3 is 6.36 Å².